The Labute approximate surface area is 64.2 Å². The Morgan fingerprint density at radius 3 is 3.11 bits per heavy atom. The number of alkyl halides is 1. The van der Waals surface area contributed by atoms with Crippen molar-refractivity contribution in [3.05, 3.63) is 12.2 Å². The number of hydrogen-bond donors (Lipinski definition) is 0. The molecule has 0 unspecified atom stereocenters. The third-order valence-electron chi connectivity index (χ3n) is 1.46. The zero-order valence-corrected chi connectivity index (χ0v) is 6.93. The van der Waals surface area contributed by atoms with E-state index in [1.165, 1.54) is 6.42 Å². The molecular weight excluding hydrogens is 180 g/mol. The zero-order chi connectivity index (χ0) is 6.53. The first-order valence-corrected chi connectivity index (χ1v) is 4.36. The number of halogens is 1. The number of rotatable bonds is 2. The molecule has 1 atom stereocenters. The molecule has 9 heavy (non-hydrogen) atoms. The van der Waals surface area contributed by atoms with Gasteiger partial charge < -0.3 is 4.74 Å². The summed E-state index contributed by atoms with van der Waals surface area (Å²) in [5.74, 6) is 0.683. The largest absolute Gasteiger partial charge is 0.381 e. The first-order chi connectivity index (χ1) is 4.43. The lowest BCUT2D eigenvalue weighted by Gasteiger charge is -1.95. The van der Waals surface area contributed by atoms with Gasteiger partial charge in [0.05, 0.1) is 6.61 Å². The Hall–Kier alpha value is 0.180. The minimum atomic E-state index is 0.683. The van der Waals surface area contributed by atoms with E-state index in [1.807, 2.05) is 0 Å². The van der Waals surface area contributed by atoms with Crippen molar-refractivity contribution in [2.24, 2.45) is 5.92 Å². The van der Waals surface area contributed by atoms with Gasteiger partial charge in [-0.05, 0) is 6.42 Å². The normalized spacial score (nSPS) is 27.9. The van der Waals surface area contributed by atoms with Crippen LogP contribution in [0.2, 0.25) is 0 Å². The third-order valence-corrected chi connectivity index (χ3v) is 1.84. The number of ether oxygens (including phenoxy) is 1. The van der Waals surface area contributed by atoms with Crippen molar-refractivity contribution in [1.82, 2.24) is 0 Å². The van der Waals surface area contributed by atoms with Crippen LogP contribution in [0, 0.1) is 5.92 Å². The molecule has 0 saturated carbocycles. The minimum Gasteiger partial charge on any atom is -0.381 e. The quantitative estimate of drug-likeness (QED) is 0.479. The second-order valence-corrected chi connectivity index (χ2v) is 2.85. The van der Waals surface area contributed by atoms with Gasteiger partial charge in [0.15, 0.2) is 0 Å². The topological polar surface area (TPSA) is 9.23 Å². The van der Waals surface area contributed by atoms with Crippen LogP contribution < -0.4 is 0 Å². The highest BCUT2D eigenvalue weighted by Crippen LogP contribution is 2.13. The van der Waals surface area contributed by atoms with E-state index in [2.05, 4.69) is 28.1 Å². The molecule has 52 valence electrons. The van der Waals surface area contributed by atoms with Gasteiger partial charge in [0.2, 0.25) is 0 Å². The Morgan fingerprint density at radius 1 is 1.67 bits per heavy atom. The van der Waals surface area contributed by atoms with Crippen molar-refractivity contribution < 1.29 is 4.74 Å². The summed E-state index contributed by atoms with van der Waals surface area (Å²) in [6.07, 6.45) is 5.56. The van der Waals surface area contributed by atoms with Gasteiger partial charge in [-0.25, -0.2) is 0 Å². The summed E-state index contributed by atoms with van der Waals surface area (Å²) < 4.78 is 5.19. The molecular formula is C7H11BrO. The van der Waals surface area contributed by atoms with Crippen LogP contribution in [0.3, 0.4) is 0 Å². The molecule has 1 fully saturated rings. The molecule has 0 radical (unpaired) electrons. The lowest BCUT2D eigenvalue weighted by atomic mass is 10.1. The number of hydrogen-bond acceptors (Lipinski definition) is 1. The van der Waals surface area contributed by atoms with Gasteiger partial charge in [0.25, 0.3) is 0 Å². The van der Waals surface area contributed by atoms with Crippen molar-refractivity contribution in [2.75, 3.05) is 18.5 Å². The van der Waals surface area contributed by atoms with Crippen molar-refractivity contribution >= 4 is 15.9 Å². The van der Waals surface area contributed by atoms with Gasteiger partial charge in [-0.2, -0.15) is 0 Å². The van der Waals surface area contributed by atoms with E-state index < -0.39 is 0 Å². The fourth-order valence-corrected chi connectivity index (χ4v) is 1.16. The molecule has 1 nitrogen and oxygen atoms in total. The van der Waals surface area contributed by atoms with Gasteiger partial charge in [0.1, 0.15) is 0 Å². The molecule has 0 bridgehead atoms. The van der Waals surface area contributed by atoms with E-state index >= 15 is 0 Å². The van der Waals surface area contributed by atoms with E-state index in [-0.39, 0.29) is 0 Å². The maximum absolute atomic E-state index is 5.19. The Balaban J connectivity index is 2.18. The second-order valence-electron chi connectivity index (χ2n) is 2.21. The summed E-state index contributed by atoms with van der Waals surface area (Å²) in [6, 6.07) is 0. The molecule has 0 aromatic carbocycles. The first-order valence-electron chi connectivity index (χ1n) is 3.24. The molecule has 0 aromatic rings. The fourth-order valence-electron chi connectivity index (χ4n) is 0.948. The van der Waals surface area contributed by atoms with E-state index in [0.717, 1.165) is 18.5 Å². The summed E-state index contributed by atoms with van der Waals surface area (Å²) >= 11 is 3.33. The summed E-state index contributed by atoms with van der Waals surface area (Å²) in [5.41, 5.74) is 0. The van der Waals surface area contributed by atoms with Crippen molar-refractivity contribution in [3.8, 4) is 0 Å². The van der Waals surface area contributed by atoms with Gasteiger partial charge in [-0.3, -0.25) is 0 Å². The molecule has 0 aliphatic carbocycles. The fraction of sp³-hybridized carbons (Fsp3) is 0.714. The molecule has 1 aliphatic rings. The molecule has 2 heteroatoms. The Kier molecular flexibility index (Phi) is 3.30. The predicted octanol–water partition coefficient (Wildman–Crippen LogP) is 1.97. The maximum Gasteiger partial charge on any atom is 0.0529 e. The van der Waals surface area contributed by atoms with Crippen molar-refractivity contribution in [3.63, 3.8) is 0 Å². The van der Waals surface area contributed by atoms with E-state index in [1.54, 1.807) is 0 Å². The highest BCUT2D eigenvalue weighted by atomic mass is 79.9. The van der Waals surface area contributed by atoms with Crippen LogP contribution in [0.4, 0.5) is 0 Å². The minimum absolute atomic E-state index is 0.683. The standard InChI is InChI=1S/C7H11BrO/c8-4-1-2-7-3-5-9-6-7/h1-2,7H,3-6H2/b2-1+/t7-/m1/s1. The average Bonchev–Trinajstić information content (AvgIpc) is 2.34. The summed E-state index contributed by atoms with van der Waals surface area (Å²) in [7, 11) is 0. The smallest absolute Gasteiger partial charge is 0.0529 e. The molecule has 1 rings (SSSR count). The van der Waals surface area contributed by atoms with Gasteiger partial charge in [-0.1, -0.05) is 28.1 Å². The summed E-state index contributed by atoms with van der Waals surface area (Å²) in [5, 5.41) is 0.962. The molecule has 0 N–H and O–H groups in total. The third kappa shape index (κ3) is 2.50. The molecule has 1 heterocycles. The number of allylic oxidation sites excluding steroid dienone is 1. The molecule has 1 saturated heterocycles. The SMILES string of the molecule is BrC/C=C/[C@@H]1CCOC1. The van der Waals surface area contributed by atoms with Crippen LogP contribution in [0.25, 0.3) is 0 Å². The van der Waals surface area contributed by atoms with Crippen LogP contribution in [-0.4, -0.2) is 18.5 Å². The highest BCUT2D eigenvalue weighted by molar-refractivity contribution is 9.09. The lowest BCUT2D eigenvalue weighted by molar-refractivity contribution is 0.191. The molecule has 0 aromatic heterocycles. The average molecular weight is 191 g/mol. The van der Waals surface area contributed by atoms with Crippen molar-refractivity contribution in [2.45, 2.75) is 6.42 Å². The zero-order valence-electron chi connectivity index (χ0n) is 5.35. The summed E-state index contributed by atoms with van der Waals surface area (Å²) in [6.45, 7) is 1.86. The molecule has 1 aliphatic heterocycles. The van der Waals surface area contributed by atoms with Crippen LogP contribution in [0.15, 0.2) is 12.2 Å². The van der Waals surface area contributed by atoms with Crippen LogP contribution in [0.5, 0.6) is 0 Å². The van der Waals surface area contributed by atoms with Crippen LogP contribution in [0.1, 0.15) is 6.42 Å². The lowest BCUT2D eigenvalue weighted by Crippen LogP contribution is -1.92. The predicted molar refractivity (Wildman–Crippen MR) is 41.9 cm³/mol. The maximum atomic E-state index is 5.19. The Morgan fingerprint density at radius 2 is 2.56 bits per heavy atom. The highest BCUT2D eigenvalue weighted by Gasteiger charge is 2.10. The summed E-state index contributed by atoms with van der Waals surface area (Å²) in [4.78, 5) is 0. The molecule has 0 amide bonds. The van der Waals surface area contributed by atoms with Gasteiger partial charge in [0, 0.05) is 17.9 Å². The monoisotopic (exact) mass is 190 g/mol. The van der Waals surface area contributed by atoms with Gasteiger partial charge >= 0.3 is 0 Å². The van der Waals surface area contributed by atoms with Gasteiger partial charge in [-0.15, -0.1) is 0 Å². The second kappa shape index (κ2) is 4.07. The van der Waals surface area contributed by atoms with Crippen LogP contribution in [-0.2, 0) is 4.74 Å². The first kappa shape index (κ1) is 7.29. The van der Waals surface area contributed by atoms with Crippen molar-refractivity contribution in [1.29, 1.82) is 0 Å². The Bertz CT molecular complexity index is 95.1. The van der Waals surface area contributed by atoms with E-state index in [4.69, 9.17) is 4.74 Å². The molecule has 0 spiro atoms. The van der Waals surface area contributed by atoms with Crippen LogP contribution >= 0.6 is 15.9 Å². The van der Waals surface area contributed by atoms with E-state index in [0.29, 0.717) is 5.92 Å². The van der Waals surface area contributed by atoms with E-state index in [9.17, 15) is 0 Å².